The van der Waals surface area contributed by atoms with Gasteiger partial charge < -0.3 is 10.1 Å². The Balaban J connectivity index is 2.79. The van der Waals surface area contributed by atoms with Crippen LogP contribution in [0.1, 0.15) is 33.3 Å². The molecule has 7 heteroatoms. The number of hydrogen-bond donors (Lipinski definition) is 1. The largest absolute Gasteiger partial charge is 0.465 e. The van der Waals surface area contributed by atoms with Crippen molar-refractivity contribution in [3.63, 3.8) is 0 Å². The molecule has 0 aromatic heterocycles. The Morgan fingerprint density at radius 2 is 1.70 bits per heavy atom. The zero-order valence-electron chi connectivity index (χ0n) is 13.9. The lowest BCUT2D eigenvalue weighted by atomic mass is 10.1. The minimum absolute atomic E-state index is 0.0771. The third kappa shape index (κ3) is 4.79. The SMILES string of the molecule is CCOC(=O)C(C)(C)S(=O)(=O)CC(=O)Nc1ccc(CC)cc1. The molecule has 0 aliphatic heterocycles. The number of esters is 1. The highest BCUT2D eigenvalue weighted by Crippen LogP contribution is 2.20. The number of benzene rings is 1. The van der Waals surface area contributed by atoms with Crippen LogP contribution in [-0.4, -0.2) is 37.4 Å². The first-order chi connectivity index (χ1) is 10.6. The van der Waals surface area contributed by atoms with Gasteiger partial charge in [-0.15, -0.1) is 0 Å². The van der Waals surface area contributed by atoms with E-state index >= 15 is 0 Å². The van der Waals surface area contributed by atoms with Crippen molar-refractivity contribution in [3.8, 4) is 0 Å². The third-order valence-corrected chi connectivity index (χ3v) is 5.88. The molecule has 0 unspecified atom stereocenters. The lowest BCUT2D eigenvalue weighted by Crippen LogP contribution is -2.45. The molecule has 1 N–H and O–H groups in total. The van der Waals surface area contributed by atoms with Crippen molar-refractivity contribution in [2.75, 3.05) is 17.7 Å². The van der Waals surface area contributed by atoms with Crippen molar-refractivity contribution in [1.29, 1.82) is 0 Å². The summed E-state index contributed by atoms with van der Waals surface area (Å²) in [7, 11) is -4.00. The average molecular weight is 341 g/mol. The molecule has 23 heavy (non-hydrogen) atoms. The molecule has 0 saturated carbocycles. The molecule has 1 amide bonds. The van der Waals surface area contributed by atoms with Crippen molar-refractivity contribution in [1.82, 2.24) is 0 Å². The average Bonchev–Trinajstić information content (AvgIpc) is 2.47. The topological polar surface area (TPSA) is 89.5 Å². The molecule has 1 aromatic carbocycles. The number of carbonyl (C=O) groups is 2. The van der Waals surface area contributed by atoms with E-state index in [4.69, 9.17) is 4.74 Å². The van der Waals surface area contributed by atoms with Gasteiger partial charge in [0.1, 0.15) is 5.75 Å². The molecule has 0 fully saturated rings. The van der Waals surface area contributed by atoms with Gasteiger partial charge in [0.15, 0.2) is 14.6 Å². The van der Waals surface area contributed by atoms with E-state index in [1.54, 1.807) is 19.1 Å². The van der Waals surface area contributed by atoms with Crippen LogP contribution in [0.15, 0.2) is 24.3 Å². The van der Waals surface area contributed by atoms with Gasteiger partial charge >= 0.3 is 5.97 Å². The Morgan fingerprint density at radius 1 is 1.13 bits per heavy atom. The quantitative estimate of drug-likeness (QED) is 0.766. The molecular formula is C16H23NO5S. The minimum atomic E-state index is -4.00. The Morgan fingerprint density at radius 3 is 2.17 bits per heavy atom. The lowest BCUT2D eigenvalue weighted by molar-refractivity contribution is -0.145. The summed E-state index contributed by atoms with van der Waals surface area (Å²) in [6, 6.07) is 7.12. The van der Waals surface area contributed by atoms with E-state index < -0.39 is 32.2 Å². The highest BCUT2D eigenvalue weighted by Gasteiger charge is 2.44. The van der Waals surface area contributed by atoms with Crippen molar-refractivity contribution in [2.24, 2.45) is 0 Å². The number of rotatable bonds is 7. The van der Waals surface area contributed by atoms with Gasteiger partial charge in [-0.3, -0.25) is 9.59 Å². The molecule has 0 aliphatic rings. The van der Waals surface area contributed by atoms with Crippen LogP contribution in [0.4, 0.5) is 5.69 Å². The fourth-order valence-corrected chi connectivity index (χ4v) is 2.90. The van der Waals surface area contributed by atoms with Crippen LogP contribution in [0.2, 0.25) is 0 Å². The zero-order valence-corrected chi connectivity index (χ0v) is 14.7. The molecule has 1 rings (SSSR count). The van der Waals surface area contributed by atoms with E-state index in [9.17, 15) is 18.0 Å². The summed E-state index contributed by atoms with van der Waals surface area (Å²) in [5.74, 6) is -2.33. The third-order valence-electron chi connectivity index (χ3n) is 3.51. The van der Waals surface area contributed by atoms with Crippen molar-refractivity contribution in [3.05, 3.63) is 29.8 Å². The van der Waals surface area contributed by atoms with Gasteiger partial charge in [-0.25, -0.2) is 8.42 Å². The van der Waals surface area contributed by atoms with Crippen LogP contribution in [0.3, 0.4) is 0 Å². The van der Waals surface area contributed by atoms with Crippen molar-refractivity contribution >= 4 is 27.4 Å². The van der Waals surface area contributed by atoms with Crippen LogP contribution in [0, 0.1) is 0 Å². The van der Waals surface area contributed by atoms with E-state index in [-0.39, 0.29) is 6.61 Å². The number of aryl methyl sites for hydroxylation is 1. The second kappa shape index (κ2) is 7.59. The van der Waals surface area contributed by atoms with Gasteiger partial charge in [0.25, 0.3) is 0 Å². The monoisotopic (exact) mass is 341 g/mol. The predicted octanol–water partition coefficient (Wildman–Crippen LogP) is 1.94. The maximum Gasteiger partial charge on any atom is 0.326 e. The normalized spacial score (nSPS) is 11.8. The van der Waals surface area contributed by atoms with Gasteiger partial charge in [0.2, 0.25) is 5.91 Å². The summed E-state index contributed by atoms with van der Waals surface area (Å²) >= 11 is 0. The first-order valence-electron chi connectivity index (χ1n) is 7.42. The number of nitrogens with one attached hydrogen (secondary N) is 1. The van der Waals surface area contributed by atoms with E-state index in [2.05, 4.69) is 5.32 Å². The van der Waals surface area contributed by atoms with Crippen LogP contribution < -0.4 is 5.32 Å². The molecule has 0 atom stereocenters. The molecule has 6 nitrogen and oxygen atoms in total. The molecule has 0 aliphatic carbocycles. The van der Waals surface area contributed by atoms with Crippen molar-refractivity contribution < 1.29 is 22.7 Å². The van der Waals surface area contributed by atoms with Crippen LogP contribution >= 0.6 is 0 Å². The summed E-state index contributed by atoms with van der Waals surface area (Å²) in [5, 5.41) is 2.52. The highest BCUT2D eigenvalue weighted by molar-refractivity contribution is 7.94. The standard InChI is InChI=1S/C16H23NO5S/c1-5-12-7-9-13(10-8-12)17-14(18)11-23(20,21)16(3,4)15(19)22-6-2/h7-10H,5-6,11H2,1-4H3,(H,17,18). The molecule has 1 aromatic rings. The number of anilines is 1. The molecular weight excluding hydrogens is 318 g/mol. The van der Waals surface area contributed by atoms with Crippen LogP contribution in [0.25, 0.3) is 0 Å². The minimum Gasteiger partial charge on any atom is -0.465 e. The number of sulfone groups is 1. The van der Waals surface area contributed by atoms with Gasteiger partial charge in [-0.05, 0) is 44.9 Å². The predicted molar refractivity (Wildman–Crippen MR) is 88.9 cm³/mol. The maximum atomic E-state index is 12.3. The maximum absolute atomic E-state index is 12.3. The summed E-state index contributed by atoms with van der Waals surface area (Å²) in [4.78, 5) is 23.8. The number of ether oxygens (including phenoxy) is 1. The molecule has 128 valence electrons. The number of amides is 1. The number of carbonyl (C=O) groups excluding carboxylic acids is 2. The Kier molecular flexibility index (Phi) is 6.32. The van der Waals surface area contributed by atoms with Gasteiger partial charge in [-0.1, -0.05) is 19.1 Å². The first kappa shape index (κ1) is 19.2. The zero-order chi connectivity index (χ0) is 17.7. The van der Waals surface area contributed by atoms with Gasteiger partial charge in [0, 0.05) is 5.69 Å². The summed E-state index contributed by atoms with van der Waals surface area (Å²) in [6.07, 6.45) is 0.871. The van der Waals surface area contributed by atoms with E-state index in [0.717, 1.165) is 12.0 Å². The van der Waals surface area contributed by atoms with E-state index in [1.165, 1.54) is 13.8 Å². The van der Waals surface area contributed by atoms with Crippen LogP contribution in [-0.2, 0) is 30.6 Å². The summed E-state index contributed by atoms with van der Waals surface area (Å²) in [5.41, 5.74) is 1.62. The summed E-state index contributed by atoms with van der Waals surface area (Å²) < 4.78 is 27.6. The second-order valence-corrected chi connectivity index (χ2v) is 8.13. The fraction of sp³-hybridized carbons (Fsp3) is 0.500. The first-order valence-corrected chi connectivity index (χ1v) is 9.07. The summed E-state index contributed by atoms with van der Waals surface area (Å²) in [6.45, 7) is 6.16. The Bertz CT molecular complexity index is 662. The Labute approximate surface area is 137 Å². The molecule has 0 spiro atoms. The van der Waals surface area contributed by atoms with E-state index in [1.807, 2.05) is 19.1 Å². The fourth-order valence-electron chi connectivity index (χ4n) is 1.81. The molecule has 0 radical (unpaired) electrons. The van der Waals surface area contributed by atoms with Crippen molar-refractivity contribution in [2.45, 2.75) is 38.9 Å². The molecule has 0 bridgehead atoms. The molecule has 0 saturated heterocycles. The highest BCUT2D eigenvalue weighted by atomic mass is 32.2. The van der Waals surface area contributed by atoms with Crippen LogP contribution in [0.5, 0.6) is 0 Å². The lowest BCUT2D eigenvalue weighted by Gasteiger charge is -2.22. The van der Waals surface area contributed by atoms with E-state index in [0.29, 0.717) is 5.69 Å². The molecule has 0 heterocycles. The van der Waals surface area contributed by atoms with Gasteiger partial charge in [0.05, 0.1) is 6.61 Å². The number of hydrogen-bond acceptors (Lipinski definition) is 5. The Hall–Kier alpha value is -1.89. The van der Waals surface area contributed by atoms with Gasteiger partial charge in [-0.2, -0.15) is 0 Å². The smallest absolute Gasteiger partial charge is 0.326 e. The second-order valence-electron chi connectivity index (χ2n) is 5.59.